The van der Waals surface area contributed by atoms with Gasteiger partial charge in [0.05, 0.1) is 17.1 Å². The number of nitrogens with one attached hydrogen (secondary N) is 1. The first-order valence-electron chi connectivity index (χ1n) is 8.23. The quantitative estimate of drug-likeness (QED) is 0.238. The molecule has 0 bridgehead atoms. The molecule has 0 unspecified atom stereocenters. The second-order valence-electron chi connectivity index (χ2n) is 5.60. The van der Waals surface area contributed by atoms with Gasteiger partial charge in [-0.1, -0.05) is 28.6 Å². The highest BCUT2D eigenvalue weighted by Gasteiger charge is 2.14. The van der Waals surface area contributed by atoms with Crippen LogP contribution in [0.1, 0.15) is 15.9 Å². The van der Waals surface area contributed by atoms with Crippen LogP contribution in [0.3, 0.4) is 0 Å². The highest BCUT2D eigenvalue weighted by Crippen LogP contribution is 2.34. The minimum absolute atomic E-state index is 0.115. The maximum atomic E-state index is 12.5. The van der Waals surface area contributed by atoms with Crippen molar-refractivity contribution >= 4 is 55.5 Å². The lowest BCUT2D eigenvalue weighted by atomic mass is 10.1. The molecular weight excluding hydrogens is 504 g/mol. The van der Waals surface area contributed by atoms with Gasteiger partial charge in [0.2, 0.25) is 0 Å². The van der Waals surface area contributed by atoms with E-state index in [0.29, 0.717) is 27.0 Å². The number of carbonyl (C=O) groups excluding carboxylic acids is 2. The number of ether oxygens (including phenoxy) is 2. The van der Waals surface area contributed by atoms with Crippen LogP contribution in [0.2, 0.25) is 0 Å². The molecule has 0 aromatic heterocycles. The molecule has 0 saturated heterocycles. The molecule has 1 amide bonds. The van der Waals surface area contributed by atoms with Gasteiger partial charge in [-0.25, -0.2) is 4.79 Å². The van der Waals surface area contributed by atoms with Crippen LogP contribution in [-0.4, -0.2) is 25.6 Å². The standard InChI is InChI=1S/C21H16Br2N2O4/c1-3-8-29-19-14(10-16(22)11-18(19)23)9-15(12-24)20(26)25-17-6-4-13(5-7-17)21(27)28-2/h3-7,9-11H,1,8H2,2H3,(H,25,26)/b15-9+. The minimum atomic E-state index is -0.593. The van der Waals surface area contributed by atoms with Crippen LogP contribution >= 0.6 is 31.9 Å². The number of carbonyl (C=O) groups is 2. The summed E-state index contributed by atoms with van der Waals surface area (Å²) in [6.07, 6.45) is 3.03. The van der Waals surface area contributed by atoms with E-state index in [1.165, 1.54) is 25.3 Å². The summed E-state index contributed by atoms with van der Waals surface area (Å²) in [6.45, 7) is 3.88. The Labute approximate surface area is 185 Å². The predicted molar refractivity (Wildman–Crippen MR) is 118 cm³/mol. The summed E-state index contributed by atoms with van der Waals surface area (Å²) in [7, 11) is 1.29. The van der Waals surface area contributed by atoms with Crippen LogP contribution in [0.4, 0.5) is 5.69 Å². The Morgan fingerprint density at radius 2 is 1.93 bits per heavy atom. The zero-order valence-corrected chi connectivity index (χ0v) is 18.5. The van der Waals surface area contributed by atoms with E-state index in [1.807, 2.05) is 6.07 Å². The van der Waals surface area contributed by atoms with E-state index in [9.17, 15) is 14.9 Å². The molecule has 6 nitrogen and oxygen atoms in total. The van der Waals surface area contributed by atoms with Gasteiger partial charge in [0.25, 0.3) is 5.91 Å². The molecule has 2 aromatic rings. The minimum Gasteiger partial charge on any atom is -0.488 e. The number of halogens is 2. The van der Waals surface area contributed by atoms with Gasteiger partial charge in [-0.2, -0.15) is 5.26 Å². The average Bonchev–Trinajstić information content (AvgIpc) is 2.71. The molecule has 0 fully saturated rings. The smallest absolute Gasteiger partial charge is 0.337 e. The van der Waals surface area contributed by atoms with Gasteiger partial charge in [0.1, 0.15) is 24.0 Å². The lowest BCUT2D eigenvalue weighted by Crippen LogP contribution is -2.13. The number of esters is 1. The van der Waals surface area contributed by atoms with E-state index in [2.05, 4.69) is 48.5 Å². The molecule has 2 rings (SSSR count). The van der Waals surface area contributed by atoms with Gasteiger partial charge in [0.15, 0.2) is 0 Å². The summed E-state index contributed by atoms with van der Waals surface area (Å²) in [5, 5.41) is 12.1. The van der Waals surface area contributed by atoms with Crippen molar-refractivity contribution in [1.82, 2.24) is 0 Å². The summed E-state index contributed by atoms with van der Waals surface area (Å²) in [5.74, 6) is -0.590. The molecule has 0 atom stereocenters. The van der Waals surface area contributed by atoms with Crippen LogP contribution in [-0.2, 0) is 9.53 Å². The molecule has 0 aliphatic carbocycles. The van der Waals surface area contributed by atoms with Crippen molar-refractivity contribution in [3.63, 3.8) is 0 Å². The first kappa shape index (κ1) is 22.4. The Kier molecular flexibility index (Phi) is 8.19. The Bertz CT molecular complexity index is 1010. The fraction of sp³-hybridized carbons (Fsp3) is 0.0952. The number of hydrogen-bond donors (Lipinski definition) is 1. The monoisotopic (exact) mass is 518 g/mol. The van der Waals surface area contributed by atoms with Crippen LogP contribution in [0.5, 0.6) is 5.75 Å². The molecule has 148 valence electrons. The molecule has 2 aromatic carbocycles. The SMILES string of the molecule is C=CCOc1c(Br)cc(Br)cc1/C=C(\C#N)C(=O)Nc1ccc(C(=O)OC)cc1. The van der Waals surface area contributed by atoms with Gasteiger partial charge >= 0.3 is 5.97 Å². The Morgan fingerprint density at radius 1 is 1.24 bits per heavy atom. The Morgan fingerprint density at radius 3 is 2.52 bits per heavy atom. The van der Waals surface area contributed by atoms with Gasteiger partial charge in [-0.05, 0) is 58.4 Å². The number of benzene rings is 2. The van der Waals surface area contributed by atoms with Gasteiger partial charge in [-0.15, -0.1) is 0 Å². The summed E-state index contributed by atoms with van der Waals surface area (Å²) in [4.78, 5) is 24.0. The highest BCUT2D eigenvalue weighted by atomic mass is 79.9. The summed E-state index contributed by atoms with van der Waals surface area (Å²) < 4.78 is 11.7. The normalized spacial score (nSPS) is 10.6. The second-order valence-corrected chi connectivity index (χ2v) is 7.37. The molecule has 0 saturated carbocycles. The van der Waals surface area contributed by atoms with E-state index in [-0.39, 0.29) is 12.2 Å². The third kappa shape index (κ3) is 6.04. The van der Waals surface area contributed by atoms with E-state index >= 15 is 0 Å². The van der Waals surface area contributed by atoms with Crippen molar-refractivity contribution in [2.24, 2.45) is 0 Å². The molecule has 0 radical (unpaired) electrons. The molecule has 29 heavy (non-hydrogen) atoms. The van der Waals surface area contributed by atoms with Crippen LogP contribution in [0.25, 0.3) is 6.08 Å². The van der Waals surface area contributed by atoms with Crippen LogP contribution < -0.4 is 10.1 Å². The molecule has 0 spiro atoms. The van der Waals surface area contributed by atoms with Crippen LogP contribution in [0, 0.1) is 11.3 Å². The van der Waals surface area contributed by atoms with E-state index in [4.69, 9.17) is 4.74 Å². The fourth-order valence-corrected chi connectivity index (χ4v) is 3.66. The molecule has 0 heterocycles. The second kappa shape index (κ2) is 10.6. The first-order chi connectivity index (χ1) is 13.9. The average molecular weight is 520 g/mol. The number of anilines is 1. The van der Waals surface area contributed by atoms with Crippen molar-refractivity contribution < 1.29 is 19.1 Å². The zero-order chi connectivity index (χ0) is 21.4. The van der Waals surface area contributed by atoms with E-state index in [0.717, 1.165) is 4.47 Å². The number of methoxy groups -OCH3 is 1. The summed E-state index contributed by atoms with van der Waals surface area (Å²) in [6, 6.07) is 11.6. The maximum Gasteiger partial charge on any atom is 0.337 e. The number of amides is 1. The number of hydrogen-bond acceptors (Lipinski definition) is 5. The van der Waals surface area contributed by atoms with Crippen molar-refractivity contribution in [2.75, 3.05) is 19.0 Å². The molecule has 8 heteroatoms. The zero-order valence-electron chi connectivity index (χ0n) is 15.4. The van der Waals surface area contributed by atoms with Gasteiger partial charge in [-0.3, -0.25) is 4.79 Å². The third-order valence-corrected chi connectivity index (χ3v) is 4.66. The lowest BCUT2D eigenvalue weighted by molar-refractivity contribution is -0.112. The molecule has 0 aliphatic rings. The Hall–Kier alpha value is -2.89. The number of nitriles is 1. The van der Waals surface area contributed by atoms with E-state index < -0.39 is 11.9 Å². The van der Waals surface area contributed by atoms with Crippen molar-refractivity contribution in [3.05, 3.63) is 74.7 Å². The molecule has 0 aliphatic heterocycles. The van der Waals surface area contributed by atoms with Gasteiger partial charge < -0.3 is 14.8 Å². The Balaban J connectivity index is 2.30. The topological polar surface area (TPSA) is 88.4 Å². The number of nitrogens with zero attached hydrogens (tertiary/aromatic N) is 1. The van der Waals surface area contributed by atoms with Crippen LogP contribution in [0.15, 0.2) is 63.6 Å². The first-order valence-corrected chi connectivity index (χ1v) is 9.82. The maximum absolute atomic E-state index is 12.5. The fourth-order valence-electron chi connectivity index (χ4n) is 2.29. The summed E-state index contributed by atoms with van der Waals surface area (Å²) >= 11 is 6.80. The highest BCUT2D eigenvalue weighted by molar-refractivity contribution is 9.11. The molecular formula is C21H16Br2N2O4. The van der Waals surface area contributed by atoms with E-state index in [1.54, 1.807) is 30.3 Å². The van der Waals surface area contributed by atoms with Crippen molar-refractivity contribution in [2.45, 2.75) is 0 Å². The third-order valence-electron chi connectivity index (χ3n) is 3.61. The lowest BCUT2D eigenvalue weighted by Gasteiger charge is -2.11. The van der Waals surface area contributed by atoms with Crippen molar-refractivity contribution in [1.29, 1.82) is 5.26 Å². The largest absolute Gasteiger partial charge is 0.488 e. The van der Waals surface area contributed by atoms with Gasteiger partial charge in [0, 0.05) is 15.7 Å². The van der Waals surface area contributed by atoms with Crippen molar-refractivity contribution in [3.8, 4) is 11.8 Å². The number of rotatable bonds is 7. The predicted octanol–water partition coefficient (Wildman–Crippen LogP) is 5.11. The molecule has 1 N–H and O–H groups in total. The summed E-state index contributed by atoms with van der Waals surface area (Å²) in [5.41, 5.74) is 1.21.